The summed E-state index contributed by atoms with van der Waals surface area (Å²) in [7, 11) is 0. The van der Waals surface area contributed by atoms with Crippen molar-refractivity contribution in [2.45, 2.75) is 58.5 Å². The number of nitrogens with one attached hydrogen (secondary N) is 1. The largest absolute Gasteiger partial charge is 0.464 e. The van der Waals surface area contributed by atoms with Crippen LogP contribution in [0.1, 0.15) is 65.5 Å². The first kappa shape index (κ1) is 27.7. The third-order valence-electron chi connectivity index (χ3n) is 5.60. The first-order valence-corrected chi connectivity index (χ1v) is 11.8. The van der Waals surface area contributed by atoms with E-state index in [9.17, 15) is 19.2 Å². The van der Waals surface area contributed by atoms with Crippen molar-refractivity contribution in [1.82, 2.24) is 5.32 Å². The highest BCUT2D eigenvalue weighted by Gasteiger charge is 2.26. The molecular formula is C27H34N2O6. The lowest BCUT2D eigenvalue weighted by atomic mass is 9.99. The van der Waals surface area contributed by atoms with E-state index >= 15 is 0 Å². The fourth-order valence-electron chi connectivity index (χ4n) is 3.65. The van der Waals surface area contributed by atoms with Gasteiger partial charge in [-0.3, -0.25) is 9.59 Å². The number of aryl methyl sites for hydroxylation is 2. The number of rotatable bonds is 8. The molecule has 1 heterocycles. The van der Waals surface area contributed by atoms with Crippen LogP contribution < -0.4 is 11.1 Å². The van der Waals surface area contributed by atoms with Gasteiger partial charge in [0.25, 0.3) is 5.91 Å². The van der Waals surface area contributed by atoms with E-state index < -0.39 is 12.1 Å². The fraction of sp³-hybridized carbons (Fsp3) is 0.407. The molecule has 35 heavy (non-hydrogen) atoms. The topological polar surface area (TPSA) is 125 Å². The number of benzene rings is 2. The van der Waals surface area contributed by atoms with E-state index in [0.29, 0.717) is 50.0 Å². The first-order chi connectivity index (χ1) is 16.8. The van der Waals surface area contributed by atoms with E-state index in [2.05, 4.69) is 5.32 Å². The lowest BCUT2D eigenvalue weighted by Crippen LogP contribution is -2.40. The number of hydrogen-bond acceptors (Lipinski definition) is 7. The molecule has 0 saturated carbocycles. The van der Waals surface area contributed by atoms with E-state index in [0.717, 1.165) is 11.1 Å². The second-order valence-electron chi connectivity index (χ2n) is 8.11. The van der Waals surface area contributed by atoms with Crippen molar-refractivity contribution >= 4 is 23.6 Å². The van der Waals surface area contributed by atoms with Crippen LogP contribution in [0.15, 0.2) is 48.5 Å². The molecule has 0 spiro atoms. The molecule has 2 aromatic carbocycles. The van der Waals surface area contributed by atoms with Gasteiger partial charge in [-0.1, -0.05) is 36.4 Å². The normalized spacial score (nSPS) is 15.3. The Morgan fingerprint density at radius 2 is 1.69 bits per heavy atom. The SMILES string of the molecule is CCOC(=O)C1CCc2ccccc2C(=O)N1.CCOC(=O)c1ccccc1CCC(N)C(C)=O. The van der Waals surface area contributed by atoms with E-state index in [1.165, 1.54) is 6.92 Å². The molecule has 0 fully saturated rings. The van der Waals surface area contributed by atoms with Crippen molar-refractivity contribution in [3.8, 4) is 0 Å². The van der Waals surface area contributed by atoms with Gasteiger partial charge in [-0.05, 0) is 69.7 Å². The van der Waals surface area contributed by atoms with Gasteiger partial charge in [0.1, 0.15) is 11.8 Å². The summed E-state index contributed by atoms with van der Waals surface area (Å²) >= 11 is 0. The number of carbonyl (C=O) groups is 4. The fourth-order valence-corrected chi connectivity index (χ4v) is 3.65. The van der Waals surface area contributed by atoms with Crippen LogP contribution in [0.4, 0.5) is 0 Å². The van der Waals surface area contributed by atoms with Crippen molar-refractivity contribution in [3.63, 3.8) is 0 Å². The molecule has 0 bridgehead atoms. The second-order valence-corrected chi connectivity index (χ2v) is 8.11. The summed E-state index contributed by atoms with van der Waals surface area (Å²) in [5, 5.41) is 2.71. The molecule has 2 atom stereocenters. The zero-order chi connectivity index (χ0) is 25.8. The molecule has 2 aromatic rings. The van der Waals surface area contributed by atoms with Crippen LogP contribution in [-0.4, -0.2) is 48.9 Å². The monoisotopic (exact) mass is 482 g/mol. The first-order valence-electron chi connectivity index (χ1n) is 11.8. The van der Waals surface area contributed by atoms with Crippen LogP contribution in [0, 0.1) is 0 Å². The van der Waals surface area contributed by atoms with E-state index in [1.54, 1.807) is 32.0 Å². The summed E-state index contributed by atoms with van der Waals surface area (Å²) in [5.41, 5.74) is 8.74. The molecule has 3 rings (SSSR count). The highest BCUT2D eigenvalue weighted by Crippen LogP contribution is 2.17. The zero-order valence-electron chi connectivity index (χ0n) is 20.5. The van der Waals surface area contributed by atoms with Crippen LogP contribution in [0.25, 0.3) is 0 Å². The molecule has 1 amide bonds. The van der Waals surface area contributed by atoms with Gasteiger partial charge in [0.2, 0.25) is 0 Å². The molecule has 8 nitrogen and oxygen atoms in total. The quantitative estimate of drug-likeness (QED) is 0.554. The minimum Gasteiger partial charge on any atom is -0.464 e. The van der Waals surface area contributed by atoms with E-state index in [-0.39, 0.29) is 23.6 Å². The number of fused-ring (bicyclic) bond motifs is 1. The summed E-state index contributed by atoms with van der Waals surface area (Å²) in [4.78, 5) is 46.3. The van der Waals surface area contributed by atoms with Gasteiger partial charge in [-0.25, -0.2) is 9.59 Å². The van der Waals surface area contributed by atoms with Gasteiger partial charge >= 0.3 is 11.9 Å². The molecule has 0 aliphatic carbocycles. The van der Waals surface area contributed by atoms with Crippen LogP contribution in [0.3, 0.4) is 0 Å². The van der Waals surface area contributed by atoms with Gasteiger partial charge in [0.05, 0.1) is 24.8 Å². The number of carbonyl (C=O) groups excluding carboxylic acids is 4. The maximum Gasteiger partial charge on any atom is 0.338 e. The van der Waals surface area contributed by atoms with E-state index in [4.69, 9.17) is 15.2 Å². The molecular weight excluding hydrogens is 448 g/mol. The summed E-state index contributed by atoms with van der Waals surface area (Å²) in [6, 6.07) is 13.7. The maximum absolute atomic E-state index is 11.9. The van der Waals surface area contributed by atoms with E-state index in [1.807, 2.05) is 30.3 Å². The third kappa shape index (κ3) is 8.33. The van der Waals surface area contributed by atoms with Crippen LogP contribution in [0.5, 0.6) is 0 Å². The average Bonchev–Trinajstić information content (AvgIpc) is 3.02. The predicted molar refractivity (Wildman–Crippen MR) is 132 cm³/mol. The van der Waals surface area contributed by atoms with Crippen LogP contribution in [-0.2, 0) is 31.9 Å². The van der Waals surface area contributed by atoms with Crippen molar-refractivity contribution in [2.75, 3.05) is 13.2 Å². The molecule has 2 unspecified atom stereocenters. The smallest absolute Gasteiger partial charge is 0.338 e. The molecule has 1 aliphatic rings. The highest BCUT2D eigenvalue weighted by atomic mass is 16.5. The summed E-state index contributed by atoms with van der Waals surface area (Å²) in [5.74, 6) is -0.919. The number of ether oxygens (including phenoxy) is 2. The standard InChI is InChI=1S/C14H19NO3.C13H15NO3/c1-3-18-14(17)12-7-5-4-6-11(12)8-9-13(15)10(2)16;1-2-17-13(16)11-8-7-9-5-3-4-6-10(9)12(15)14-11/h4-7,13H,3,8-9,15H2,1-2H3;3-6,11H,2,7-8H2,1H3,(H,14,15). The average molecular weight is 483 g/mol. The van der Waals surface area contributed by atoms with Crippen molar-refractivity contribution in [3.05, 3.63) is 70.8 Å². The lowest BCUT2D eigenvalue weighted by molar-refractivity contribution is -0.145. The van der Waals surface area contributed by atoms with Crippen molar-refractivity contribution in [2.24, 2.45) is 5.73 Å². The molecule has 0 radical (unpaired) electrons. The van der Waals surface area contributed by atoms with Gasteiger partial charge in [-0.15, -0.1) is 0 Å². The Kier molecular flexibility index (Phi) is 11.1. The number of esters is 2. The minimum atomic E-state index is -0.533. The Bertz CT molecular complexity index is 1040. The summed E-state index contributed by atoms with van der Waals surface area (Å²) in [6.07, 6.45) is 2.42. The van der Waals surface area contributed by atoms with Crippen molar-refractivity contribution in [1.29, 1.82) is 0 Å². The van der Waals surface area contributed by atoms with Crippen molar-refractivity contribution < 1.29 is 28.7 Å². The Morgan fingerprint density at radius 1 is 1.03 bits per heavy atom. The number of ketones is 1. The van der Waals surface area contributed by atoms with Gasteiger partial charge in [0, 0.05) is 5.56 Å². The van der Waals surface area contributed by atoms with Gasteiger partial charge < -0.3 is 20.5 Å². The molecule has 188 valence electrons. The number of amides is 1. The van der Waals surface area contributed by atoms with Crippen LogP contribution >= 0.6 is 0 Å². The Hall–Kier alpha value is -3.52. The number of Topliss-reactive ketones (excluding diaryl/α,β-unsaturated/α-hetero) is 1. The third-order valence-corrected chi connectivity index (χ3v) is 5.60. The zero-order valence-corrected chi connectivity index (χ0v) is 20.5. The second kappa shape index (κ2) is 14.0. The Balaban J connectivity index is 0.000000247. The Morgan fingerprint density at radius 3 is 2.37 bits per heavy atom. The lowest BCUT2D eigenvalue weighted by Gasteiger charge is -2.13. The van der Waals surface area contributed by atoms with Gasteiger partial charge in [-0.2, -0.15) is 0 Å². The minimum absolute atomic E-state index is 0.0383. The predicted octanol–water partition coefficient (Wildman–Crippen LogP) is 3.01. The molecule has 0 saturated heterocycles. The molecule has 1 aliphatic heterocycles. The molecule has 3 N–H and O–H groups in total. The highest BCUT2D eigenvalue weighted by molar-refractivity contribution is 5.98. The molecule has 0 aromatic heterocycles. The Labute approximate surface area is 206 Å². The maximum atomic E-state index is 11.9. The summed E-state index contributed by atoms with van der Waals surface area (Å²) < 4.78 is 9.92. The molecule has 8 heteroatoms. The summed E-state index contributed by atoms with van der Waals surface area (Å²) in [6.45, 7) is 5.68. The van der Waals surface area contributed by atoms with Crippen LogP contribution in [0.2, 0.25) is 0 Å². The van der Waals surface area contributed by atoms with Gasteiger partial charge in [0.15, 0.2) is 0 Å². The number of hydrogen-bond donors (Lipinski definition) is 2. The number of nitrogens with two attached hydrogens (primary N) is 1.